The number of amides is 2. The van der Waals surface area contributed by atoms with Crippen LogP contribution in [0.2, 0.25) is 0 Å². The lowest BCUT2D eigenvalue weighted by Crippen LogP contribution is -2.51. The highest BCUT2D eigenvalue weighted by Crippen LogP contribution is 2.19. The van der Waals surface area contributed by atoms with E-state index in [1.54, 1.807) is 19.9 Å². The number of ether oxygens (including phenoxy) is 1. The first-order valence-corrected chi connectivity index (χ1v) is 8.08. The highest BCUT2D eigenvalue weighted by Gasteiger charge is 2.32. The van der Waals surface area contributed by atoms with E-state index in [0.29, 0.717) is 6.42 Å². The van der Waals surface area contributed by atoms with Gasteiger partial charge in [-0.05, 0) is 13.3 Å². The topological polar surface area (TPSA) is 156 Å². The van der Waals surface area contributed by atoms with Crippen molar-refractivity contribution in [1.82, 2.24) is 15.2 Å². The first-order chi connectivity index (χ1) is 12.8. The minimum atomic E-state index is -0.778. The van der Waals surface area contributed by atoms with E-state index in [0.717, 1.165) is 16.8 Å². The second kappa shape index (κ2) is 8.13. The Balaban J connectivity index is 2.60. The summed E-state index contributed by atoms with van der Waals surface area (Å²) in [4.78, 5) is 46.9. The standard InChI is InChI=1S/C16H17N5O6/c1-3-11-13(15(23)27-4-2)12(19-16(24)18-11)8-20-7-10(21(25)26)5-9(6-17)14(20)22/h5,7,11H,3-4,8H2,1-2H3,(H2,18,19,24). The zero-order valence-electron chi connectivity index (χ0n) is 14.6. The van der Waals surface area contributed by atoms with Gasteiger partial charge in [0.15, 0.2) is 0 Å². The van der Waals surface area contributed by atoms with Crippen LogP contribution in [-0.4, -0.2) is 34.1 Å². The van der Waals surface area contributed by atoms with Crippen molar-refractivity contribution in [2.75, 3.05) is 6.61 Å². The van der Waals surface area contributed by atoms with Gasteiger partial charge in [0.2, 0.25) is 0 Å². The quantitative estimate of drug-likeness (QED) is 0.417. The van der Waals surface area contributed by atoms with Crippen LogP contribution in [0.1, 0.15) is 25.8 Å². The van der Waals surface area contributed by atoms with Gasteiger partial charge in [-0.1, -0.05) is 6.92 Å². The molecular formula is C16H17N5O6. The van der Waals surface area contributed by atoms with Crippen LogP contribution in [0.4, 0.5) is 10.5 Å². The molecule has 0 aromatic carbocycles. The molecule has 1 aromatic rings. The number of urea groups is 1. The number of nitriles is 1. The van der Waals surface area contributed by atoms with Crippen molar-refractivity contribution < 1.29 is 19.2 Å². The van der Waals surface area contributed by atoms with Gasteiger partial charge in [0.25, 0.3) is 11.2 Å². The molecule has 1 unspecified atom stereocenters. The summed E-state index contributed by atoms with van der Waals surface area (Å²) in [6.45, 7) is 3.14. The Kier molecular flexibility index (Phi) is 5.92. The normalized spacial score (nSPS) is 16.2. The number of hydrogen-bond donors (Lipinski definition) is 2. The first-order valence-electron chi connectivity index (χ1n) is 8.08. The van der Waals surface area contributed by atoms with Crippen molar-refractivity contribution in [2.24, 2.45) is 0 Å². The largest absolute Gasteiger partial charge is 0.463 e. The molecule has 142 valence electrons. The summed E-state index contributed by atoms with van der Waals surface area (Å²) in [5.41, 5.74) is -1.46. The molecule has 27 heavy (non-hydrogen) atoms. The summed E-state index contributed by atoms with van der Waals surface area (Å²) in [7, 11) is 0. The molecule has 11 nitrogen and oxygen atoms in total. The van der Waals surface area contributed by atoms with Crippen molar-refractivity contribution in [2.45, 2.75) is 32.9 Å². The van der Waals surface area contributed by atoms with Gasteiger partial charge in [-0.3, -0.25) is 14.9 Å². The van der Waals surface area contributed by atoms with Crippen molar-refractivity contribution >= 4 is 17.7 Å². The summed E-state index contributed by atoms with van der Waals surface area (Å²) >= 11 is 0. The zero-order valence-corrected chi connectivity index (χ0v) is 14.6. The number of esters is 1. The van der Waals surface area contributed by atoms with Crippen LogP contribution in [0.25, 0.3) is 0 Å². The molecule has 0 saturated heterocycles. The Bertz CT molecular complexity index is 926. The van der Waals surface area contributed by atoms with Crippen LogP contribution >= 0.6 is 0 Å². The van der Waals surface area contributed by atoms with Crippen molar-refractivity contribution in [3.05, 3.63) is 49.6 Å². The fourth-order valence-corrected chi connectivity index (χ4v) is 2.67. The van der Waals surface area contributed by atoms with Crippen LogP contribution in [0.5, 0.6) is 0 Å². The summed E-state index contributed by atoms with van der Waals surface area (Å²) in [6.07, 6.45) is 1.34. The number of nitrogens with one attached hydrogen (secondary N) is 2. The first kappa shape index (κ1) is 19.6. The summed E-state index contributed by atoms with van der Waals surface area (Å²) in [5, 5.41) is 25.1. The van der Waals surface area contributed by atoms with Crippen LogP contribution in [0.15, 0.2) is 28.3 Å². The molecule has 0 radical (unpaired) electrons. The number of allylic oxidation sites excluding steroid dienone is 1. The number of nitrogens with zero attached hydrogens (tertiary/aromatic N) is 3. The smallest absolute Gasteiger partial charge is 0.337 e. The highest BCUT2D eigenvalue weighted by molar-refractivity contribution is 5.94. The molecule has 0 fully saturated rings. The third-order valence-electron chi connectivity index (χ3n) is 3.88. The molecule has 0 bridgehead atoms. The molecule has 0 spiro atoms. The maximum Gasteiger partial charge on any atom is 0.337 e. The van der Waals surface area contributed by atoms with Crippen molar-refractivity contribution in [3.8, 4) is 6.07 Å². The summed E-state index contributed by atoms with van der Waals surface area (Å²) in [6, 6.07) is 1.26. The fraction of sp³-hybridized carbons (Fsp3) is 0.375. The molecule has 1 aliphatic rings. The predicted molar refractivity (Wildman–Crippen MR) is 91.5 cm³/mol. The number of pyridine rings is 1. The second-order valence-corrected chi connectivity index (χ2v) is 5.59. The highest BCUT2D eigenvalue weighted by atomic mass is 16.6. The number of hydrogen-bond acceptors (Lipinski definition) is 7. The Morgan fingerprint density at radius 1 is 1.44 bits per heavy atom. The third-order valence-corrected chi connectivity index (χ3v) is 3.88. The Morgan fingerprint density at radius 2 is 2.15 bits per heavy atom. The molecular weight excluding hydrogens is 358 g/mol. The van der Waals surface area contributed by atoms with Crippen molar-refractivity contribution in [1.29, 1.82) is 5.26 Å². The molecule has 0 saturated carbocycles. The Hall–Kier alpha value is -3.68. The molecule has 1 aromatic heterocycles. The number of nitro groups is 1. The van der Waals surface area contributed by atoms with Gasteiger partial charge in [-0.15, -0.1) is 0 Å². The average Bonchev–Trinajstić information content (AvgIpc) is 2.62. The fourth-order valence-electron chi connectivity index (χ4n) is 2.67. The van der Waals surface area contributed by atoms with E-state index < -0.39 is 39.8 Å². The maximum absolute atomic E-state index is 12.3. The van der Waals surface area contributed by atoms with Gasteiger partial charge in [0.05, 0.1) is 41.6 Å². The van der Waals surface area contributed by atoms with Gasteiger partial charge < -0.3 is 19.9 Å². The molecule has 0 aliphatic carbocycles. The van der Waals surface area contributed by atoms with E-state index in [2.05, 4.69) is 10.6 Å². The Morgan fingerprint density at radius 3 is 2.70 bits per heavy atom. The molecule has 1 atom stereocenters. The monoisotopic (exact) mass is 375 g/mol. The van der Waals surface area contributed by atoms with Crippen molar-refractivity contribution in [3.63, 3.8) is 0 Å². The van der Waals surface area contributed by atoms with Gasteiger partial charge in [0, 0.05) is 6.07 Å². The summed E-state index contributed by atoms with van der Waals surface area (Å²) in [5.74, 6) is -0.675. The Labute approximate surface area is 153 Å². The molecule has 2 amide bonds. The van der Waals surface area contributed by atoms with Gasteiger partial charge in [0.1, 0.15) is 11.6 Å². The van der Waals surface area contributed by atoms with Crippen LogP contribution < -0.4 is 16.2 Å². The van der Waals surface area contributed by atoms with E-state index in [4.69, 9.17) is 10.00 Å². The summed E-state index contributed by atoms with van der Waals surface area (Å²) < 4.78 is 5.92. The van der Waals surface area contributed by atoms with E-state index in [-0.39, 0.29) is 24.4 Å². The minimum absolute atomic E-state index is 0.0792. The predicted octanol–water partition coefficient (Wildman–Crippen LogP) is 0.537. The SMILES string of the molecule is CCOC(=O)C1=C(Cn2cc([N+](=O)[O-])cc(C#N)c2=O)NC(=O)NC1CC. The minimum Gasteiger partial charge on any atom is -0.463 e. The number of rotatable bonds is 6. The van der Waals surface area contributed by atoms with E-state index in [9.17, 15) is 24.5 Å². The van der Waals surface area contributed by atoms with Crippen LogP contribution in [-0.2, 0) is 16.1 Å². The van der Waals surface area contributed by atoms with Gasteiger partial charge in [-0.25, -0.2) is 9.59 Å². The second-order valence-electron chi connectivity index (χ2n) is 5.59. The third kappa shape index (κ3) is 4.12. The molecule has 2 heterocycles. The van der Waals surface area contributed by atoms with E-state index >= 15 is 0 Å². The van der Waals surface area contributed by atoms with Crippen LogP contribution in [0, 0.1) is 21.4 Å². The zero-order chi connectivity index (χ0) is 20.1. The van der Waals surface area contributed by atoms with E-state index in [1.165, 1.54) is 0 Å². The average molecular weight is 375 g/mol. The maximum atomic E-state index is 12.3. The number of carbonyl (C=O) groups excluding carboxylic acids is 2. The lowest BCUT2D eigenvalue weighted by Gasteiger charge is -2.28. The molecule has 11 heteroatoms. The van der Waals surface area contributed by atoms with Gasteiger partial charge in [-0.2, -0.15) is 5.26 Å². The van der Waals surface area contributed by atoms with E-state index in [1.807, 2.05) is 0 Å². The lowest BCUT2D eigenvalue weighted by atomic mass is 10.00. The number of aromatic nitrogens is 1. The number of carbonyl (C=O) groups is 2. The lowest BCUT2D eigenvalue weighted by molar-refractivity contribution is -0.385. The molecule has 2 rings (SSSR count). The van der Waals surface area contributed by atoms with Gasteiger partial charge >= 0.3 is 12.0 Å². The van der Waals surface area contributed by atoms with Crippen LogP contribution in [0.3, 0.4) is 0 Å². The molecule has 1 aliphatic heterocycles. The molecule has 2 N–H and O–H groups in total.